The normalized spacial score (nSPS) is 12.3. The number of nitrogens with one attached hydrogen (secondary N) is 3. The molecule has 0 aliphatic carbocycles. The highest BCUT2D eigenvalue weighted by Crippen LogP contribution is 2.39. The van der Waals surface area contributed by atoms with Gasteiger partial charge in [0.25, 0.3) is 0 Å². The van der Waals surface area contributed by atoms with Crippen molar-refractivity contribution >= 4 is 32.7 Å². The van der Waals surface area contributed by atoms with Crippen LogP contribution in [0.5, 0.6) is 0 Å². The standard InChI is InChI=1S/C25H19N3O/c29-25(22-13-16-7-1-4-10-19(16)26-22,23-14-17-8-2-5-11-20(17)27-23)24-15-18-9-3-6-12-21(18)28-24/h1-15,26-29H. The van der Waals surface area contributed by atoms with Gasteiger partial charge in [-0.05, 0) is 52.6 Å². The molecule has 0 spiro atoms. The van der Waals surface area contributed by atoms with Crippen LogP contribution in [0.25, 0.3) is 32.7 Å². The molecule has 0 bridgehead atoms. The van der Waals surface area contributed by atoms with Gasteiger partial charge in [-0.25, -0.2) is 0 Å². The van der Waals surface area contributed by atoms with Gasteiger partial charge in [0.2, 0.25) is 0 Å². The van der Waals surface area contributed by atoms with Crippen molar-refractivity contribution in [3.05, 3.63) is 108 Å². The topological polar surface area (TPSA) is 67.6 Å². The Labute approximate surface area is 166 Å². The molecule has 0 radical (unpaired) electrons. The highest BCUT2D eigenvalue weighted by Gasteiger charge is 2.38. The highest BCUT2D eigenvalue weighted by atomic mass is 16.3. The maximum absolute atomic E-state index is 12.2. The van der Waals surface area contributed by atoms with Crippen molar-refractivity contribution in [1.29, 1.82) is 0 Å². The quantitative estimate of drug-likeness (QED) is 0.327. The maximum atomic E-state index is 12.2. The number of hydrogen-bond acceptors (Lipinski definition) is 1. The first-order valence-electron chi connectivity index (χ1n) is 9.69. The van der Waals surface area contributed by atoms with Gasteiger partial charge < -0.3 is 20.1 Å². The summed E-state index contributed by atoms with van der Waals surface area (Å²) < 4.78 is 0. The van der Waals surface area contributed by atoms with Crippen LogP contribution in [-0.4, -0.2) is 20.1 Å². The van der Waals surface area contributed by atoms with Crippen LogP contribution in [0, 0.1) is 0 Å². The summed E-state index contributed by atoms with van der Waals surface area (Å²) in [5.74, 6) is 0. The van der Waals surface area contributed by atoms with Crippen molar-refractivity contribution < 1.29 is 5.11 Å². The molecule has 0 aliphatic heterocycles. The fraction of sp³-hybridized carbons (Fsp3) is 0.0400. The average Bonchev–Trinajstić information content (AvgIpc) is 3.48. The van der Waals surface area contributed by atoms with E-state index in [1.807, 2.05) is 91.0 Å². The van der Waals surface area contributed by atoms with Gasteiger partial charge in [-0.3, -0.25) is 0 Å². The van der Waals surface area contributed by atoms with Gasteiger partial charge in [-0.15, -0.1) is 0 Å². The van der Waals surface area contributed by atoms with E-state index in [1.165, 1.54) is 0 Å². The second-order valence-corrected chi connectivity index (χ2v) is 7.52. The molecule has 0 atom stereocenters. The van der Waals surface area contributed by atoms with Gasteiger partial charge in [0.15, 0.2) is 5.60 Å². The van der Waals surface area contributed by atoms with Crippen LogP contribution in [-0.2, 0) is 5.60 Å². The number of aromatic nitrogens is 3. The molecule has 0 saturated carbocycles. The van der Waals surface area contributed by atoms with Crippen LogP contribution >= 0.6 is 0 Å². The molecule has 3 heterocycles. The monoisotopic (exact) mass is 377 g/mol. The van der Waals surface area contributed by atoms with Gasteiger partial charge in [0, 0.05) is 16.6 Å². The predicted octanol–water partition coefficient (Wildman–Crippen LogP) is 5.41. The Bertz CT molecular complexity index is 1210. The van der Waals surface area contributed by atoms with Crippen molar-refractivity contribution in [2.45, 2.75) is 5.60 Å². The zero-order valence-corrected chi connectivity index (χ0v) is 15.6. The van der Waals surface area contributed by atoms with Crippen LogP contribution in [0.3, 0.4) is 0 Å². The Kier molecular flexibility index (Phi) is 3.28. The van der Waals surface area contributed by atoms with Crippen LogP contribution < -0.4 is 0 Å². The molecule has 0 amide bonds. The number of aromatic amines is 3. The lowest BCUT2D eigenvalue weighted by atomic mass is 9.91. The van der Waals surface area contributed by atoms with Gasteiger partial charge in [0.1, 0.15) is 0 Å². The van der Waals surface area contributed by atoms with Crippen molar-refractivity contribution in [2.75, 3.05) is 0 Å². The summed E-state index contributed by atoms with van der Waals surface area (Å²) in [7, 11) is 0. The SMILES string of the molecule is OC(c1cc2ccccc2[nH]1)(c1cc2ccccc2[nH]1)c1cc2ccccc2[nH]1. The minimum atomic E-state index is -1.38. The number of hydrogen-bond donors (Lipinski definition) is 4. The van der Waals surface area contributed by atoms with Crippen molar-refractivity contribution in [2.24, 2.45) is 0 Å². The number of benzene rings is 3. The molecule has 3 aromatic heterocycles. The lowest BCUT2D eigenvalue weighted by molar-refractivity contribution is 0.114. The third-order valence-electron chi connectivity index (χ3n) is 5.76. The average molecular weight is 377 g/mol. The molecule has 140 valence electrons. The van der Waals surface area contributed by atoms with E-state index in [1.54, 1.807) is 0 Å². The van der Waals surface area contributed by atoms with Crippen molar-refractivity contribution in [3.63, 3.8) is 0 Å². The summed E-state index contributed by atoms with van der Waals surface area (Å²) in [5.41, 5.74) is 3.76. The fourth-order valence-corrected chi connectivity index (χ4v) is 4.24. The largest absolute Gasteiger partial charge is 0.372 e. The lowest BCUT2D eigenvalue weighted by Gasteiger charge is -2.25. The molecule has 29 heavy (non-hydrogen) atoms. The summed E-state index contributed by atoms with van der Waals surface area (Å²) in [4.78, 5) is 10.3. The number of H-pyrrole nitrogens is 3. The van der Waals surface area contributed by atoms with Gasteiger partial charge in [-0.1, -0.05) is 54.6 Å². The molecule has 4 nitrogen and oxygen atoms in total. The van der Waals surface area contributed by atoms with Crippen molar-refractivity contribution in [1.82, 2.24) is 15.0 Å². The van der Waals surface area contributed by atoms with Crippen LogP contribution in [0.15, 0.2) is 91.0 Å². The first-order chi connectivity index (χ1) is 14.2. The van der Waals surface area contributed by atoms with E-state index in [0.717, 1.165) is 49.8 Å². The van der Waals surface area contributed by atoms with Gasteiger partial charge >= 0.3 is 0 Å². The van der Waals surface area contributed by atoms with E-state index in [9.17, 15) is 5.11 Å². The molecule has 0 unspecified atom stereocenters. The Morgan fingerprint density at radius 3 is 1.10 bits per heavy atom. The molecule has 0 saturated heterocycles. The van der Waals surface area contributed by atoms with Crippen LogP contribution in [0.1, 0.15) is 17.1 Å². The molecule has 6 rings (SSSR count). The lowest BCUT2D eigenvalue weighted by Crippen LogP contribution is -2.30. The van der Waals surface area contributed by atoms with E-state index in [2.05, 4.69) is 15.0 Å². The Hall–Kier alpha value is -3.76. The molecule has 6 aromatic rings. The van der Waals surface area contributed by atoms with E-state index < -0.39 is 5.60 Å². The third-order valence-corrected chi connectivity index (χ3v) is 5.76. The third kappa shape index (κ3) is 2.36. The van der Waals surface area contributed by atoms with Gasteiger partial charge in [0.05, 0.1) is 17.1 Å². The predicted molar refractivity (Wildman–Crippen MR) is 117 cm³/mol. The molecule has 0 fully saturated rings. The second-order valence-electron chi connectivity index (χ2n) is 7.52. The van der Waals surface area contributed by atoms with E-state index >= 15 is 0 Å². The van der Waals surface area contributed by atoms with Crippen molar-refractivity contribution in [3.8, 4) is 0 Å². The molecule has 0 aliphatic rings. The van der Waals surface area contributed by atoms with Crippen LogP contribution in [0.4, 0.5) is 0 Å². The number of para-hydroxylation sites is 3. The smallest absolute Gasteiger partial charge is 0.184 e. The number of fused-ring (bicyclic) bond motifs is 3. The summed E-state index contributed by atoms with van der Waals surface area (Å²) in [6.07, 6.45) is 0. The zero-order valence-electron chi connectivity index (χ0n) is 15.6. The molecule has 3 aromatic carbocycles. The zero-order chi connectivity index (χ0) is 19.4. The Morgan fingerprint density at radius 1 is 0.483 bits per heavy atom. The Balaban J connectivity index is 1.66. The summed E-state index contributed by atoms with van der Waals surface area (Å²) >= 11 is 0. The van der Waals surface area contributed by atoms with E-state index in [0.29, 0.717) is 0 Å². The molecule has 4 N–H and O–H groups in total. The highest BCUT2D eigenvalue weighted by molar-refractivity contribution is 5.85. The fourth-order valence-electron chi connectivity index (χ4n) is 4.24. The maximum Gasteiger partial charge on any atom is 0.184 e. The minimum absolute atomic E-state index is 0.719. The van der Waals surface area contributed by atoms with E-state index in [-0.39, 0.29) is 0 Å². The summed E-state index contributed by atoms with van der Waals surface area (Å²) in [6, 6.07) is 30.3. The minimum Gasteiger partial charge on any atom is -0.372 e. The number of aliphatic hydroxyl groups is 1. The summed E-state index contributed by atoms with van der Waals surface area (Å²) in [5, 5.41) is 15.4. The molecule has 4 heteroatoms. The second kappa shape index (κ2) is 5.87. The first-order valence-corrected chi connectivity index (χ1v) is 9.69. The van der Waals surface area contributed by atoms with Crippen LogP contribution in [0.2, 0.25) is 0 Å². The number of rotatable bonds is 3. The molecular formula is C25H19N3O. The first kappa shape index (κ1) is 16.2. The molecular weight excluding hydrogens is 358 g/mol. The Morgan fingerprint density at radius 2 is 0.793 bits per heavy atom. The van der Waals surface area contributed by atoms with E-state index in [4.69, 9.17) is 0 Å². The summed E-state index contributed by atoms with van der Waals surface area (Å²) in [6.45, 7) is 0. The van der Waals surface area contributed by atoms with Gasteiger partial charge in [-0.2, -0.15) is 0 Å².